The Hall–Kier alpha value is -3.22. The zero-order valence-electron chi connectivity index (χ0n) is 14.8. The van der Waals surface area contributed by atoms with Crippen LogP contribution in [-0.4, -0.2) is 32.6 Å². The van der Waals surface area contributed by atoms with E-state index in [1.165, 1.54) is 17.0 Å². The maximum Gasteiger partial charge on any atom is 0.261 e. The third kappa shape index (κ3) is 3.56. The minimum absolute atomic E-state index is 0.143. The fourth-order valence-corrected chi connectivity index (χ4v) is 2.83. The van der Waals surface area contributed by atoms with Crippen LogP contribution in [0, 0.1) is 19.7 Å². The van der Waals surface area contributed by atoms with Gasteiger partial charge in [0.2, 0.25) is 0 Å². The van der Waals surface area contributed by atoms with E-state index < -0.39 is 0 Å². The van der Waals surface area contributed by atoms with Crippen molar-refractivity contribution in [3.05, 3.63) is 81.3 Å². The van der Waals surface area contributed by atoms with Gasteiger partial charge in [-0.3, -0.25) is 9.59 Å². The van der Waals surface area contributed by atoms with Gasteiger partial charge in [-0.2, -0.15) is 5.10 Å². The molecule has 0 aliphatic rings. The second kappa shape index (κ2) is 6.95. The lowest BCUT2D eigenvalue weighted by molar-refractivity contribution is 0.0782. The summed E-state index contributed by atoms with van der Waals surface area (Å²) in [6.45, 7) is 3.82. The monoisotopic (exact) mass is 354 g/mol. The standard InChI is InChI=1S/C19H19FN4O2/c1-12-8-13(2)22-18(25)17(12)19(26)23(3)10-14-9-21-24(11-14)16-6-4-15(20)5-7-16/h4-9,11H,10H2,1-3H3,(H,22,25). The molecule has 0 radical (unpaired) electrons. The minimum atomic E-state index is -0.388. The summed E-state index contributed by atoms with van der Waals surface area (Å²) >= 11 is 0. The molecule has 0 bridgehead atoms. The number of amides is 1. The molecule has 0 aliphatic carbocycles. The molecule has 0 saturated carbocycles. The number of rotatable bonds is 4. The van der Waals surface area contributed by atoms with E-state index in [1.54, 1.807) is 56.2 Å². The molecule has 7 heteroatoms. The van der Waals surface area contributed by atoms with Crippen LogP contribution >= 0.6 is 0 Å². The summed E-state index contributed by atoms with van der Waals surface area (Å²) in [7, 11) is 1.64. The molecule has 0 spiro atoms. The zero-order valence-corrected chi connectivity index (χ0v) is 14.8. The van der Waals surface area contributed by atoms with Gasteiger partial charge >= 0.3 is 0 Å². The summed E-state index contributed by atoms with van der Waals surface area (Å²) in [5.41, 5.74) is 2.63. The van der Waals surface area contributed by atoms with Crippen LogP contribution < -0.4 is 5.56 Å². The van der Waals surface area contributed by atoms with E-state index in [0.717, 1.165) is 11.3 Å². The molecule has 1 amide bonds. The van der Waals surface area contributed by atoms with E-state index in [1.807, 2.05) is 0 Å². The Morgan fingerprint density at radius 3 is 2.62 bits per heavy atom. The average Bonchev–Trinajstić information content (AvgIpc) is 3.02. The van der Waals surface area contributed by atoms with Crippen molar-refractivity contribution in [2.75, 3.05) is 7.05 Å². The van der Waals surface area contributed by atoms with E-state index in [4.69, 9.17) is 0 Å². The van der Waals surface area contributed by atoms with Crippen LogP contribution in [0.2, 0.25) is 0 Å². The summed E-state index contributed by atoms with van der Waals surface area (Å²) in [6, 6.07) is 7.74. The molecule has 3 aromatic rings. The number of aryl methyl sites for hydroxylation is 2. The van der Waals surface area contributed by atoms with Gasteiger partial charge in [-0.15, -0.1) is 0 Å². The topological polar surface area (TPSA) is 71.0 Å². The fourth-order valence-electron chi connectivity index (χ4n) is 2.83. The third-order valence-corrected chi connectivity index (χ3v) is 4.07. The third-order valence-electron chi connectivity index (χ3n) is 4.07. The van der Waals surface area contributed by atoms with Crippen molar-refractivity contribution in [3.63, 3.8) is 0 Å². The zero-order chi connectivity index (χ0) is 18.8. The van der Waals surface area contributed by atoms with E-state index in [9.17, 15) is 14.0 Å². The van der Waals surface area contributed by atoms with Crippen molar-refractivity contribution in [2.24, 2.45) is 0 Å². The van der Waals surface area contributed by atoms with Crippen molar-refractivity contribution >= 4 is 5.91 Å². The molecular formula is C19H19FN4O2. The van der Waals surface area contributed by atoms with Gasteiger partial charge in [-0.05, 0) is 49.7 Å². The van der Waals surface area contributed by atoms with Crippen molar-refractivity contribution in [2.45, 2.75) is 20.4 Å². The highest BCUT2D eigenvalue weighted by Gasteiger charge is 2.19. The lowest BCUT2D eigenvalue weighted by Crippen LogP contribution is -2.32. The second-order valence-corrected chi connectivity index (χ2v) is 6.27. The van der Waals surface area contributed by atoms with Crippen LogP contribution in [0.15, 0.2) is 47.5 Å². The number of nitrogens with one attached hydrogen (secondary N) is 1. The van der Waals surface area contributed by atoms with Gasteiger partial charge in [0.25, 0.3) is 11.5 Å². The minimum Gasteiger partial charge on any atom is -0.337 e. The average molecular weight is 354 g/mol. The summed E-state index contributed by atoms with van der Waals surface area (Å²) in [5, 5.41) is 4.24. The summed E-state index contributed by atoms with van der Waals surface area (Å²) in [5.74, 6) is -0.663. The van der Waals surface area contributed by atoms with E-state index >= 15 is 0 Å². The highest BCUT2D eigenvalue weighted by molar-refractivity contribution is 5.95. The van der Waals surface area contributed by atoms with Gasteiger partial charge in [-0.1, -0.05) is 0 Å². The normalized spacial score (nSPS) is 10.8. The Kier molecular flexibility index (Phi) is 4.71. The van der Waals surface area contributed by atoms with Crippen LogP contribution in [-0.2, 0) is 6.54 Å². The lowest BCUT2D eigenvalue weighted by atomic mass is 10.1. The van der Waals surface area contributed by atoms with Gasteiger partial charge in [0.1, 0.15) is 11.4 Å². The van der Waals surface area contributed by atoms with Gasteiger partial charge in [0.05, 0.1) is 11.9 Å². The lowest BCUT2D eigenvalue weighted by Gasteiger charge is -2.17. The number of nitrogens with zero attached hydrogens (tertiary/aromatic N) is 3. The number of carbonyl (C=O) groups excluding carboxylic acids is 1. The molecule has 0 fully saturated rings. The van der Waals surface area contributed by atoms with Crippen molar-refractivity contribution in [1.29, 1.82) is 0 Å². The number of aromatic nitrogens is 3. The van der Waals surface area contributed by atoms with Crippen molar-refractivity contribution in [3.8, 4) is 5.69 Å². The molecule has 2 aromatic heterocycles. The maximum absolute atomic E-state index is 13.0. The largest absolute Gasteiger partial charge is 0.337 e. The number of pyridine rings is 1. The van der Waals surface area contributed by atoms with Crippen LogP contribution in [0.25, 0.3) is 5.69 Å². The summed E-state index contributed by atoms with van der Waals surface area (Å²) in [4.78, 5) is 28.9. The smallest absolute Gasteiger partial charge is 0.261 e. The molecule has 0 unspecified atom stereocenters. The number of halogens is 1. The molecule has 134 valence electrons. The molecule has 0 atom stereocenters. The highest BCUT2D eigenvalue weighted by Crippen LogP contribution is 2.12. The Morgan fingerprint density at radius 1 is 1.27 bits per heavy atom. The molecular weight excluding hydrogens is 335 g/mol. The first-order valence-corrected chi connectivity index (χ1v) is 8.10. The predicted molar refractivity (Wildman–Crippen MR) is 95.9 cm³/mol. The number of aromatic amines is 1. The van der Waals surface area contributed by atoms with Crippen LogP contribution in [0.5, 0.6) is 0 Å². The molecule has 2 heterocycles. The summed E-state index contributed by atoms with van der Waals surface area (Å²) < 4.78 is 14.6. The van der Waals surface area contributed by atoms with Crippen LogP contribution in [0.1, 0.15) is 27.2 Å². The number of carbonyl (C=O) groups is 1. The Balaban J connectivity index is 1.78. The second-order valence-electron chi connectivity index (χ2n) is 6.27. The predicted octanol–water partition coefficient (Wildman–Crippen LogP) is 2.59. The first-order valence-electron chi connectivity index (χ1n) is 8.10. The molecule has 6 nitrogen and oxygen atoms in total. The number of hydrogen-bond acceptors (Lipinski definition) is 3. The Labute approximate surface area is 149 Å². The summed E-state index contributed by atoms with van der Waals surface area (Å²) in [6.07, 6.45) is 3.41. The van der Waals surface area contributed by atoms with Gasteiger partial charge in [0.15, 0.2) is 0 Å². The van der Waals surface area contributed by atoms with E-state index in [2.05, 4.69) is 10.1 Å². The first-order chi connectivity index (χ1) is 12.3. The Bertz CT molecular complexity index is 1010. The van der Waals surface area contributed by atoms with Gasteiger partial charge in [-0.25, -0.2) is 9.07 Å². The molecule has 1 aromatic carbocycles. The van der Waals surface area contributed by atoms with Gasteiger partial charge < -0.3 is 9.88 Å². The Morgan fingerprint density at radius 2 is 1.96 bits per heavy atom. The molecule has 26 heavy (non-hydrogen) atoms. The highest BCUT2D eigenvalue weighted by atomic mass is 19.1. The number of hydrogen-bond donors (Lipinski definition) is 1. The van der Waals surface area contributed by atoms with Crippen molar-refractivity contribution < 1.29 is 9.18 Å². The molecule has 0 saturated heterocycles. The van der Waals surface area contributed by atoms with Crippen LogP contribution in [0.4, 0.5) is 4.39 Å². The fraction of sp³-hybridized carbons (Fsp3) is 0.211. The molecule has 3 rings (SSSR count). The van der Waals surface area contributed by atoms with Crippen LogP contribution in [0.3, 0.4) is 0 Å². The quantitative estimate of drug-likeness (QED) is 0.783. The van der Waals surface area contributed by atoms with Crippen molar-refractivity contribution in [1.82, 2.24) is 19.7 Å². The number of H-pyrrole nitrogens is 1. The van der Waals surface area contributed by atoms with E-state index in [0.29, 0.717) is 17.8 Å². The maximum atomic E-state index is 13.0. The SMILES string of the molecule is Cc1cc(C)c(C(=O)N(C)Cc2cnn(-c3ccc(F)cc3)c2)c(=O)[nH]1. The van der Waals surface area contributed by atoms with E-state index in [-0.39, 0.29) is 22.8 Å². The molecule has 0 aliphatic heterocycles. The first kappa shape index (κ1) is 17.6. The van der Waals surface area contributed by atoms with Gasteiger partial charge in [0, 0.05) is 31.0 Å². The number of benzene rings is 1. The molecule has 1 N–H and O–H groups in total.